The minimum absolute atomic E-state index is 0.0105. The maximum Gasteiger partial charge on any atom is 0.433 e. The van der Waals surface area contributed by atoms with Crippen molar-refractivity contribution in [3.05, 3.63) is 29.7 Å². The number of hydrogen-bond acceptors (Lipinski definition) is 2. The van der Waals surface area contributed by atoms with Gasteiger partial charge in [-0.25, -0.2) is 9.18 Å². The molecule has 18 heavy (non-hydrogen) atoms. The molecule has 0 spiro atoms. The van der Waals surface area contributed by atoms with Crippen LogP contribution in [0.5, 0.6) is 0 Å². The number of aromatic nitrogens is 1. The highest BCUT2D eigenvalue weighted by molar-refractivity contribution is 5.94. The molecule has 0 atom stereocenters. The zero-order chi connectivity index (χ0) is 13.5. The summed E-state index contributed by atoms with van der Waals surface area (Å²) < 4.78 is 52.4. The number of alkyl halides is 3. The van der Waals surface area contributed by atoms with Crippen LogP contribution in [0.2, 0.25) is 0 Å². The Bertz CT molecular complexity index is 666. The summed E-state index contributed by atoms with van der Waals surface area (Å²) >= 11 is 0. The average molecular weight is 258 g/mol. The predicted molar refractivity (Wildman–Crippen MR) is 55.7 cm³/mol. The van der Waals surface area contributed by atoms with Crippen LogP contribution < -0.4 is 0 Å². The van der Waals surface area contributed by atoms with E-state index < -0.39 is 23.4 Å². The van der Waals surface area contributed by atoms with E-state index in [-0.39, 0.29) is 10.9 Å². The van der Waals surface area contributed by atoms with Crippen molar-refractivity contribution in [2.45, 2.75) is 6.18 Å². The van der Waals surface area contributed by atoms with Crippen molar-refractivity contribution in [2.75, 3.05) is 0 Å². The zero-order valence-electron chi connectivity index (χ0n) is 9.05. The van der Waals surface area contributed by atoms with E-state index in [2.05, 4.69) is 4.99 Å². The summed E-state index contributed by atoms with van der Waals surface area (Å²) in [6.45, 7) is 0. The van der Waals surface area contributed by atoms with E-state index in [1.807, 2.05) is 0 Å². The van der Waals surface area contributed by atoms with Gasteiger partial charge in [-0.15, -0.1) is 0 Å². The Morgan fingerprint density at radius 1 is 1.33 bits per heavy atom. The van der Waals surface area contributed by atoms with Crippen molar-refractivity contribution < 1.29 is 22.4 Å². The quantitative estimate of drug-likeness (QED) is 0.439. The molecule has 0 aliphatic carbocycles. The lowest BCUT2D eigenvalue weighted by Crippen LogP contribution is -2.11. The molecule has 0 aliphatic rings. The van der Waals surface area contributed by atoms with Gasteiger partial charge in [0.05, 0.1) is 5.52 Å². The molecule has 0 aliphatic heterocycles. The van der Waals surface area contributed by atoms with Gasteiger partial charge >= 0.3 is 6.18 Å². The Hall–Kier alpha value is -2.14. The van der Waals surface area contributed by atoms with E-state index in [9.17, 15) is 22.4 Å². The standard InChI is InChI=1S/C11H6F4N2O/c1-17-8-4-6(12)2-3-7(8)9(16-5-18)10(17)11(13,14)15/h2-4H,1H3. The predicted octanol–water partition coefficient (Wildman–Crippen LogP) is 3.30. The second-order valence-electron chi connectivity index (χ2n) is 3.62. The van der Waals surface area contributed by atoms with Gasteiger partial charge in [0.25, 0.3) is 0 Å². The van der Waals surface area contributed by atoms with E-state index >= 15 is 0 Å². The molecule has 2 aromatic rings. The van der Waals surface area contributed by atoms with Crippen LogP contribution in [-0.2, 0) is 18.0 Å². The monoisotopic (exact) mass is 258 g/mol. The van der Waals surface area contributed by atoms with Crippen molar-refractivity contribution in [1.29, 1.82) is 0 Å². The minimum Gasteiger partial charge on any atom is -0.338 e. The molecular formula is C11H6F4N2O. The molecule has 94 valence electrons. The first kappa shape index (κ1) is 12.3. The molecule has 7 heteroatoms. The van der Waals surface area contributed by atoms with Gasteiger partial charge in [0.15, 0.2) is 5.69 Å². The molecule has 0 saturated carbocycles. The molecule has 0 amide bonds. The van der Waals surface area contributed by atoms with E-state index in [0.29, 0.717) is 0 Å². The summed E-state index contributed by atoms with van der Waals surface area (Å²) in [4.78, 5) is 13.3. The highest BCUT2D eigenvalue weighted by Gasteiger charge is 2.38. The Kier molecular flexibility index (Phi) is 2.71. The number of aliphatic imine (C=N–C) groups is 1. The fraction of sp³-hybridized carbons (Fsp3) is 0.182. The molecule has 3 nitrogen and oxygen atoms in total. The van der Waals surface area contributed by atoms with Crippen LogP contribution >= 0.6 is 0 Å². The van der Waals surface area contributed by atoms with Crippen molar-refractivity contribution in [3.63, 3.8) is 0 Å². The molecule has 0 radical (unpaired) electrons. The van der Waals surface area contributed by atoms with Gasteiger partial charge in [-0.05, 0) is 18.2 Å². The smallest absolute Gasteiger partial charge is 0.338 e. The third-order valence-corrected chi connectivity index (χ3v) is 2.56. The zero-order valence-corrected chi connectivity index (χ0v) is 9.05. The van der Waals surface area contributed by atoms with Crippen molar-refractivity contribution >= 4 is 22.7 Å². The second-order valence-corrected chi connectivity index (χ2v) is 3.62. The Balaban J connectivity index is 2.96. The molecule has 0 unspecified atom stereocenters. The summed E-state index contributed by atoms with van der Waals surface area (Å²) in [5, 5.41) is 0.0505. The second kappa shape index (κ2) is 3.96. The molecule has 1 aromatic heterocycles. The normalized spacial score (nSPS) is 11.6. The molecule has 0 fully saturated rings. The van der Waals surface area contributed by atoms with Crippen LogP contribution in [0.4, 0.5) is 23.2 Å². The fourth-order valence-corrected chi connectivity index (χ4v) is 1.87. The molecular weight excluding hydrogens is 252 g/mol. The maximum atomic E-state index is 13.0. The summed E-state index contributed by atoms with van der Waals surface area (Å²) in [7, 11) is 1.13. The first-order valence-electron chi connectivity index (χ1n) is 4.79. The van der Waals surface area contributed by atoms with Gasteiger partial charge in [-0.2, -0.15) is 18.2 Å². The van der Waals surface area contributed by atoms with Gasteiger partial charge in [0, 0.05) is 12.4 Å². The highest BCUT2D eigenvalue weighted by atomic mass is 19.4. The van der Waals surface area contributed by atoms with Gasteiger partial charge in [0.1, 0.15) is 11.5 Å². The number of rotatable bonds is 1. The minimum atomic E-state index is -4.69. The molecule has 0 N–H and O–H groups in total. The Labute approximate surface area is 98.3 Å². The third kappa shape index (κ3) is 1.78. The van der Waals surface area contributed by atoms with E-state index in [1.165, 1.54) is 0 Å². The molecule has 0 bridgehead atoms. The SMILES string of the molecule is Cn1c(C(F)(F)F)c(N=C=O)c2ccc(F)cc21. The Morgan fingerprint density at radius 2 is 2.00 bits per heavy atom. The molecule has 0 saturated heterocycles. The number of isocyanates is 1. The van der Waals surface area contributed by atoms with Crippen LogP contribution in [-0.4, -0.2) is 10.6 Å². The average Bonchev–Trinajstić information content (AvgIpc) is 2.52. The van der Waals surface area contributed by atoms with Crippen LogP contribution in [0.3, 0.4) is 0 Å². The van der Waals surface area contributed by atoms with Crippen LogP contribution in [0.1, 0.15) is 5.69 Å². The Morgan fingerprint density at radius 3 is 2.56 bits per heavy atom. The van der Waals surface area contributed by atoms with E-state index in [0.717, 1.165) is 35.9 Å². The largest absolute Gasteiger partial charge is 0.433 e. The summed E-state index contributed by atoms with van der Waals surface area (Å²) in [5.41, 5.74) is -1.64. The van der Waals surface area contributed by atoms with Crippen molar-refractivity contribution in [2.24, 2.45) is 12.0 Å². The number of halogens is 4. The molecule has 1 heterocycles. The number of fused-ring (bicyclic) bond motifs is 1. The summed E-state index contributed by atoms with van der Waals surface area (Å²) in [5.74, 6) is -0.668. The number of benzene rings is 1. The highest BCUT2D eigenvalue weighted by Crippen LogP contribution is 2.42. The topological polar surface area (TPSA) is 34.4 Å². The van der Waals surface area contributed by atoms with Gasteiger partial charge in [0.2, 0.25) is 6.08 Å². The van der Waals surface area contributed by atoms with Gasteiger partial charge in [-0.3, -0.25) is 0 Å². The van der Waals surface area contributed by atoms with Crippen LogP contribution in [0.15, 0.2) is 23.2 Å². The number of hydrogen-bond donors (Lipinski definition) is 0. The lowest BCUT2D eigenvalue weighted by molar-refractivity contribution is -0.142. The number of carbonyl (C=O) groups excluding carboxylic acids is 1. The van der Waals surface area contributed by atoms with Gasteiger partial charge in [-0.1, -0.05) is 0 Å². The first-order chi connectivity index (χ1) is 8.36. The van der Waals surface area contributed by atoms with E-state index in [1.54, 1.807) is 0 Å². The van der Waals surface area contributed by atoms with Crippen LogP contribution in [0.25, 0.3) is 10.9 Å². The van der Waals surface area contributed by atoms with Crippen molar-refractivity contribution in [3.8, 4) is 0 Å². The lowest BCUT2D eigenvalue weighted by atomic mass is 10.2. The lowest BCUT2D eigenvalue weighted by Gasteiger charge is -2.08. The maximum absolute atomic E-state index is 13.0. The van der Waals surface area contributed by atoms with Crippen LogP contribution in [0, 0.1) is 5.82 Å². The number of nitrogens with zero attached hydrogens (tertiary/aromatic N) is 2. The number of aryl methyl sites for hydroxylation is 1. The first-order valence-corrected chi connectivity index (χ1v) is 4.79. The van der Waals surface area contributed by atoms with Gasteiger partial charge < -0.3 is 4.57 Å². The molecule has 1 aromatic carbocycles. The summed E-state index contributed by atoms with van der Waals surface area (Å²) in [6.07, 6.45) is -3.61. The van der Waals surface area contributed by atoms with E-state index in [4.69, 9.17) is 0 Å². The summed E-state index contributed by atoms with van der Waals surface area (Å²) in [6, 6.07) is 3.11. The third-order valence-electron chi connectivity index (χ3n) is 2.56. The van der Waals surface area contributed by atoms with Crippen molar-refractivity contribution in [1.82, 2.24) is 4.57 Å². The fourth-order valence-electron chi connectivity index (χ4n) is 1.87. The molecule has 2 rings (SSSR count).